The third kappa shape index (κ3) is 6.13. The molecule has 0 radical (unpaired) electrons. The Morgan fingerprint density at radius 1 is 1.56 bits per heavy atom. The third-order valence-corrected chi connectivity index (χ3v) is 4.63. The highest BCUT2D eigenvalue weighted by atomic mass is 32.2. The molecule has 1 atom stereocenters. The van der Waals surface area contributed by atoms with Crippen LogP contribution in [0.4, 0.5) is 0 Å². The molecule has 18 heavy (non-hydrogen) atoms. The maximum atomic E-state index is 11.6. The Morgan fingerprint density at radius 2 is 2.28 bits per heavy atom. The summed E-state index contributed by atoms with van der Waals surface area (Å²) in [7, 11) is -3.39. The van der Waals surface area contributed by atoms with Crippen LogP contribution in [0.2, 0.25) is 0 Å². The van der Waals surface area contributed by atoms with Crippen molar-refractivity contribution < 1.29 is 18.3 Å². The molecule has 1 rings (SSSR count). The van der Waals surface area contributed by atoms with E-state index in [1.807, 2.05) is 16.8 Å². The number of hydrogen-bond acceptors (Lipinski definition) is 4. The topological polar surface area (TPSA) is 83.5 Å². The zero-order valence-electron chi connectivity index (χ0n) is 10.1. The molecular weight excluding hydrogens is 274 g/mol. The quantitative estimate of drug-likeness (QED) is 0.759. The molecule has 0 saturated heterocycles. The summed E-state index contributed by atoms with van der Waals surface area (Å²) in [5.74, 6) is -1.12. The van der Waals surface area contributed by atoms with E-state index in [9.17, 15) is 13.2 Å². The molecule has 0 saturated carbocycles. The normalized spacial score (nSPS) is 13.4. The fraction of sp³-hybridized carbons (Fsp3) is 0.545. The minimum absolute atomic E-state index is 0.125. The SMILES string of the molecule is CC(Cc1ccsc1)NS(=O)(=O)CCCC(=O)O. The van der Waals surface area contributed by atoms with Crippen LogP contribution in [0, 0.1) is 0 Å². The smallest absolute Gasteiger partial charge is 0.303 e. The summed E-state index contributed by atoms with van der Waals surface area (Å²) in [6.07, 6.45) is 0.650. The van der Waals surface area contributed by atoms with Crippen LogP contribution in [0.5, 0.6) is 0 Å². The fourth-order valence-corrected chi connectivity index (χ4v) is 3.60. The molecule has 0 aliphatic rings. The molecule has 0 aromatic carbocycles. The van der Waals surface area contributed by atoms with E-state index in [4.69, 9.17) is 5.11 Å². The van der Waals surface area contributed by atoms with Crippen LogP contribution < -0.4 is 4.72 Å². The second kappa shape index (κ2) is 6.86. The number of hydrogen-bond donors (Lipinski definition) is 2. The van der Waals surface area contributed by atoms with Crippen LogP contribution >= 0.6 is 11.3 Å². The van der Waals surface area contributed by atoms with E-state index in [2.05, 4.69) is 4.72 Å². The van der Waals surface area contributed by atoms with Gasteiger partial charge >= 0.3 is 5.97 Å². The number of nitrogens with one attached hydrogen (secondary N) is 1. The van der Waals surface area contributed by atoms with Gasteiger partial charge in [-0.15, -0.1) is 0 Å². The van der Waals surface area contributed by atoms with Gasteiger partial charge in [-0.1, -0.05) is 0 Å². The van der Waals surface area contributed by atoms with Gasteiger partial charge in [-0.25, -0.2) is 13.1 Å². The van der Waals surface area contributed by atoms with E-state index in [1.54, 1.807) is 18.3 Å². The lowest BCUT2D eigenvalue weighted by molar-refractivity contribution is -0.137. The summed E-state index contributed by atoms with van der Waals surface area (Å²) in [6, 6.07) is 1.77. The monoisotopic (exact) mass is 291 g/mol. The first-order valence-corrected chi connectivity index (χ1v) is 8.21. The molecule has 2 N–H and O–H groups in total. The number of aliphatic carboxylic acids is 1. The third-order valence-electron chi connectivity index (χ3n) is 2.31. The molecule has 0 fully saturated rings. The Balaban J connectivity index is 2.37. The van der Waals surface area contributed by atoms with Crippen LogP contribution in [-0.2, 0) is 21.2 Å². The number of rotatable bonds is 8. The van der Waals surface area contributed by atoms with Gasteiger partial charge in [-0.2, -0.15) is 11.3 Å². The van der Waals surface area contributed by atoms with E-state index in [0.717, 1.165) is 5.56 Å². The van der Waals surface area contributed by atoms with Gasteiger partial charge in [0, 0.05) is 12.5 Å². The van der Waals surface area contributed by atoms with Crippen molar-refractivity contribution in [3.05, 3.63) is 22.4 Å². The van der Waals surface area contributed by atoms with Crippen LogP contribution in [0.3, 0.4) is 0 Å². The lowest BCUT2D eigenvalue weighted by atomic mass is 10.1. The van der Waals surface area contributed by atoms with Gasteiger partial charge in [-0.05, 0) is 42.2 Å². The average molecular weight is 291 g/mol. The van der Waals surface area contributed by atoms with E-state index in [1.165, 1.54) is 0 Å². The number of carboxylic acid groups (broad SMARTS) is 1. The molecule has 1 aromatic heterocycles. The summed E-state index contributed by atoms with van der Waals surface area (Å²) < 4.78 is 25.9. The van der Waals surface area contributed by atoms with E-state index in [0.29, 0.717) is 6.42 Å². The lowest BCUT2D eigenvalue weighted by Crippen LogP contribution is -2.35. The van der Waals surface area contributed by atoms with Crippen LogP contribution in [0.15, 0.2) is 16.8 Å². The van der Waals surface area contributed by atoms with Crippen LogP contribution in [0.25, 0.3) is 0 Å². The van der Waals surface area contributed by atoms with Gasteiger partial charge in [-0.3, -0.25) is 4.79 Å². The summed E-state index contributed by atoms with van der Waals surface area (Å²) in [4.78, 5) is 10.3. The zero-order chi connectivity index (χ0) is 13.6. The molecule has 7 heteroatoms. The molecule has 0 amide bonds. The molecule has 5 nitrogen and oxygen atoms in total. The standard InChI is InChI=1S/C11H17NO4S2/c1-9(7-10-4-5-17-8-10)12-18(15,16)6-2-3-11(13)14/h4-5,8-9,12H,2-3,6-7H2,1H3,(H,13,14). The second-order valence-corrected chi connectivity index (χ2v) is 6.82. The summed E-state index contributed by atoms with van der Waals surface area (Å²) in [5.41, 5.74) is 1.10. The van der Waals surface area contributed by atoms with Gasteiger partial charge in [0.15, 0.2) is 0 Å². The highest BCUT2D eigenvalue weighted by Crippen LogP contribution is 2.09. The molecule has 1 heterocycles. The minimum atomic E-state index is -3.39. The summed E-state index contributed by atoms with van der Waals surface area (Å²) in [5, 5.41) is 12.4. The Labute approximate surface area is 111 Å². The molecule has 0 bridgehead atoms. The maximum absolute atomic E-state index is 11.6. The van der Waals surface area contributed by atoms with Gasteiger partial charge < -0.3 is 5.11 Å². The first-order valence-electron chi connectivity index (χ1n) is 5.62. The molecule has 1 aromatic rings. The van der Waals surface area contributed by atoms with Crippen molar-refractivity contribution in [3.63, 3.8) is 0 Å². The van der Waals surface area contributed by atoms with E-state index >= 15 is 0 Å². The molecule has 0 aliphatic carbocycles. The highest BCUT2D eigenvalue weighted by Gasteiger charge is 2.15. The van der Waals surface area contributed by atoms with E-state index in [-0.39, 0.29) is 24.6 Å². The first-order chi connectivity index (χ1) is 8.39. The molecular formula is C11H17NO4S2. The van der Waals surface area contributed by atoms with Gasteiger partial charge in [0.05, 0.1) is 5.75 Å². The number of sulfonamides is 1. The van der Waals surface area contributed by atoms with E-state index < -0.39 is 16.0 Å². The van der Waals surface area contributed by atoms with Crippen molar-refractivity contribution in [3.8, 4) is 0 Å². The van der Waals surface area contributed by atoms with Crippen molar-refractivity contribution in [2.75, 3.05) is 5.75 Å². The predicted molar refractivity (Wildman–Crippen MR) is 71.3 cm³/mol. The van der Waals surface area contributed by atoms with Crippen molar-refractivity contribution in [2.45, 2.75) is 32.2 Å². The molecule has 1 unspecified atom stereocenters. The zero-order valence-corrected chi connectivity index (χ0v) is 11.8. The Bertz CT molecular complexity index is 467. The first kappa shape index (κ1) is 15.1. The van der Waals surface area contributed by atoms with Gasteiger partial charge in [0.1, 0.15) is 0 Å². The average Bonchev–Trinajstić information content (AvgIpc) is 2.67. The van der Waals surface area contributed by atoms with Crippen LogP contribution in [0.1, 0.15) is 25.3 Å². The van der Waals surface area contributed by atoms with Crippen LogP contribution in [-0.4, -0.2) is 31.3 Å². The minimum Gasteiger partial charge on any atom is -0.481 e. The summed E-state index contributed by atoms with van der Waals surface area (Å²) >= 11 is 1.57. The Hall–Kier alpha value is -0.920. The Morgan fingerprint density at radius 3 is 2.83 bits per heavy atom. The highest BCUT2D eigenvalue weighted by molar-refractivity contribution is 7.89. The van der Waals surface area contributed by atoms with Gasteiger partial charge in [0.25, 0.3) is 0 Å². The summed E-state index contributed by atoms with van der Waals surface area (Å²) in [6.45, 7) is 1.80. The largest absolute Gasteiger partial charge is 0.481 e. The Kier molecular flexibility index (Phi) is 5.77. The van der Waals surface area contributed by atoms with Crippen molar-refractivity contribution >= 4 is 27.3 Å². The number of thiophene rings is 1. The van der Waals surface area contributed by atoms with Crippen molar-refractivity contribution in [1.82, 2.24) is 4.72 Å². The molecule has 0 aliphatic heterocycles. The fourth-order valence-electron chi connectivity index (χ4n) is 1.58. The molecule has 102 valence electrons. The maximum Gasteiger partial charge on any atom is 0.303 e. The lowest BCUT2D eigenvalue weighted by Gasteiger charge is -2.13. The number of carbonyl (C=O) groups is 1. The van der Waals surface area contributed by atoms with Crippen molar-refractivity contribution in [2.24, 2.45) is 0 Å². The van der Waals surface area contributed by atoms with Gasteiger partial charge in [0.2, 0.25) is 10.0 Å². The second-order valence-electron chi connectivity index (χ2n) is 4.17. The predicted octanol–water partition coefficient (Wildman–Crippen LogP) is 1.46. The van der Waals surface area contributed by atoms with Crippen molar-refractivity contribution in [1.29, 1.82) is 0 Å². The number of carboxylic acids is 1. The molecule has 0 spiro atoms.